The van der Waals surface area contributed by atoms with Gasteiger partial charge in [0.1, 0.15) is 0 Å². The van der Waals surface area contributed by atoms with Crippen LogP contribution in [-0.4, -0.2) is 38.6 Å². The summed E-state index contributed by atoms with van der Waals surface area (Å²) in [6, 6.07) is 12.7. The number of nitrogens with one attached hydrogen (secondary N) is 2. The Morgan fingerprint density at radius 2 is 1.69 bits per heavy atom. The zero-order valence-electron chi connectivity index (χ0n) is 16.4. The minimum Gasteiger partial charge on any atom is -0.360 e. The van der Waals surface area contributed by atoms with E-state index < -0.39 is 0 Å². The lowest BCUT2D eigenvalue weighted by molar-refractivity contribution is -0.892. The molecule has 1 aliphatic heterocycles. The summed E-state index contributed by atoms with van der Waals surface area (Å²) < 4.78 is 0. The predicted octanol–water partition coefficient (Wildman–Crippen LogP) is 2.26. The SMILES string of the molecule is Cc1cc(C)cc(NC(=O)C[NH+]2CCN(c3cccc(C)c3C)CC2)c1. The van der Waals surface area contributed by atoms with E-state index in [4.69, 9.17) is 0 Å². The maximum atomic E-state index is 12.4. The monoisotopic (exact) mass is 352 g/mol. The van der Waals surface area contributed by atoms with Gasteiger partial charge in [0, 0.05) is 11.4 Å². The van der Waals surface area contributed by atoms with Crippen LogP contribution in [-0.2, 0) is 4.79 Å². The lowest BCUT2D eigenvalue weighted by atomic mass is 10.1. The van der Waals surface area contributed by atoms with Crippen molar-refractivity contribution in [2.45, 2.75) is 27.7 Å². The molecule has 0 atom stereocenters. The molecule has 0 radical (unpaired) electrons. The standard InChI is InChI=1S/C22H29N3O/c1-16-12-17(2)14-20(13-16)23-22(26)15-24-8-10-25(11-9-24)21-7-5-6-18(3)19(21)4/h5-7,12-14H,8-11,15H2,1-4H3,(H,23,26)/p+1. The molecule has 1 fully saturated rings. The largest absolute Gasteiger partial charge is 0.360 e. The van der Waals surface area contributed by atoms with Gasteiger partial charge in [0.25, 0.3) is 5.91 Å². The Hall–Kier alpha value is -2.33. The number of anilines is 2. The Bertz CT molecular complexity index is 772. The van der Waals surface area contributed by atoms with Crippen LogP contribution >= 0.6 is 0 Å². The fourth-order valence-corrected chi connectivity index (χ4v) is 3.80. The molecule has 1 heterocycles. The normalized spacial score (nSPS) is 15.2. The molecular formula is C22H30N3O+. The van der Waals surface area contributed by atoms with Crippen molar-refractivity contribution in [2.24, 2.45) is 0 Å². The van der Waals surface area contributed by atoms with E-state index >= 15 is 0 Å². The highest BCUT2D eigenvalue weighted by Gasteiger charge is 2.23. The van der Waals surface area contributed by atoms with Crippen LogP contribution in [0.25, 0.3) is 0 Å². The molecule has 2 aromatic carbocycles. The Kier molecular flexibility index (Phi) is 5.62. The highest BCUT2D eigenvalue weighted by Crippen LogP contribution is 2.22. The Morgan fingerprint density at radius 3 is 2.35 bits per heavy atom. The number of carbonyl (C=O) groups excluding carboxylic acids is 1. The minimum absolute atomic E-state index is 0.102. The number of amides is 1. The van der Waals surface area contributed by atoms with E-state index in [2.05, 4.69) is 62.2 Å². The molecule has 0 saturated carbocycles. The summed E-state index contributed by atoms with van der Waals surface area (Å²) in [7, 11) is 0. The lowest BCUT2D eigenvalue weighted by Gasteiger charge is -2.34. The molecule has 1 amide bonds. The molecule has 0 spiro atoms. The number of aryl methyl sites for hydroxylation is 3. The summed E-state index contributed by atoms with van der Waals surface area (Å²) in [5.74, 6) is 0.102. The van der Waals surface area contributed by atoms with Gasteiger partial charge in [0.05, 0.1) is 26.2 Å². The van der Waals surface area contributed by atoms with Gasteiger partial charge in [-0.3, -0.25) is 4.79 Å². The molecule has 26 heavy (non-hydrogen) atoms. The van der Waals surface area contributed by atoms with E-state index in [0.717, 1.165) is 31.9 Å². The smallest absolute Gasteiger partial charge is 0.279 e. The number of quaternary nitrogens is 1. The molecule has 138 valence electrons. The van der Waals surface area contributed by atoms with Crippen molar-refractivity contribution < 1.29 is 9.69 Å². The Labute approximate surface area is 156 Å². The molecule has 4 heteroatoms. The zero-order chi connectivity index (χ0) is 18.7. The molecule has 4 nitrogen and oxygen atoms in total. The van der Waals surface area contributed by atoms with Crippen LogP contribution in [0.1, 0.15) is 22.3 Å². The molecule has 0 aliphatic carbocycles. The summed E-state index contributed by atoms with van der Waals surface area (Å²) in [6.07, 6.45) is 0. The Balaban J connectivity index is 1.53. The molecule has 1 saturated heterocycles. The van der Waals surface area contributed by atoms with Crippen LogP contribution in [0.4, 0.5) is 11.4 Å². The van der Waals surface area contributed by atoms with Gasteiger partial charge in [-0.2, -0.15) is 0 Å². The average Bonchev–Trinajstić information content (AvgIpc) is 2.57. The van der Waals surface area contributed by atoms with E-state index in [-0.39, 0.29) is 5.91 Å². The summed E-state index contributed by atoms with van der Waals surface area (Å²) in [5, 5.41) is 3.06. The second kappa shape index (κ2) is 7.92. The number of carbonyl (C=O) groups is 1. The summed E-state index contributed by atoms with van der Waals surface area (Å²) in [4.78, 5) is 16.2. The maximum Gasteiger partial charge on any atom is 0.279 e. The van der Waals surface area contributed by atoms with Gasteiger partial charge >= 0.3 is 0 Å². The number of rotatable bonds is 4. The number of benzene rings is 2. The van der Waals surface area contributed by atoms with E-state index in [1.54, 1.807) is 0 Å². The summed E-state index contributed by atoms with van der Waals surface area (Å²) in [6.45, 7) is 13.0. The number of hydrogen-bond donors (Lipinski definition) is 2. The Morgan fingerprint density at radius 1 is 1.04 bits per heavy atom. The maximum absolute atomic E-state index is 12.4. The fraction of sp³-hybridized carbons (Fsp3) is 0.409. The molecule has 0 bridgehead atoms. The van der Waals surface area contributed by atoms with Gasteiger partial charge in [0.2, 0.25) is 0 Å². The van der Waals surface area contributed by atoms with Gasteiger partial charge < -0.3 is 15.1 Å². The van der Waals surface area contributed by atoms with Gasteiger partial charge in [-0.1, -0.05) is 18.2 Å². The number of nitrogens with zero attached hydrogens (tertiary/aromatic N) is 1. The molecule has 3 rings (SSSR count). The summed E-state index contributed by atoms with van der Waals surface area (Å²) >= 11 is 0. The van der Waals surface area contributed by atoms with E-state index in [0.29, 0.717) is 6.54 Å². The first kappa shape index (κ1) is 18.5. The first-order valence-electron chi connectivity index (χ1n) is 9.45. The topological polar surface area (TPSA) is 36.8 Å². The minimum atomic E-state index is 0.102. The lowest BCUT2D eigenvalue weighted by Crippen LogP contribution is -3.15. The van der Waals surface area contributed by atoms with Gasteiger partial charge in [-0.25, -0.2) is 0 Å². The van der Waals surface area contributed by atoms with Gasteiger partial charge in [-0.05, 0) is 68.1 Å². The quantitative estimate of drug-likeness (QED) is 0.886. The van der Waals surface area contributed by atoms with Crippen LogP contribution in [0.3, 0.4) is 0 Å². The average molecular weight is 353 g/mol. The molecule has 1 aliphatic rings. The molecule has 2 aromatic rings. The second-order valence-electron chi connectivity index (χ2n) is 7.56. The zero-order valence-corrected chi connectivity index (χ0v) is 16.4. The van der Waals surface area contributed by atoms with Crippen molar-refractivity contribution in [2.75, 3.05) is 42.9 Å². The third-order valence-electron chi connectivity index (χ3n) is 5.30. The first-order valence-corrected chi connectivity index (χ1v) is 9.45. The third-order valence-corrected chi connectivity index (χ3v) is 5.30. The van der Waals surface area contributed by atoms with Gasteiger partial charge in [0.15, 0.2) is 6.54 Å². The number of piperazine rings is 1. The number of hydrogen-bond acceptors (Lipinski definition) is 2. The van der Waals surface area contributed by atoms with Crippen molar-refractivity contribution in [3.63, 3.8) is 0 Å². The second-order valence-corrected chi connectivity index (χ2v) is 7.56. The van der Waals surface area contributed by atoms with Crippen molar-refractivity contribution in [1.29, 1.82) is 0 Å². The first-order chi connectivity index (χ1) is 12.4. The third kappa shape index (κ3) is 4.44. The fourth-order valence-electron chi connectivity index (χ4n) is 3.80. The predicted molar refractivity (Wildman–Crippen MR) is 108 cm³/mol. The van der Waals surface area contributed by atoms with Crippen LogP contribution in [0.15, 0.2) is 36.4 Å². The van der Waals surface area contributed by atoms with E-state index in [1.807, 2.05) is 12.1 Å². The highest BCUT2D eigenvalue weighted by molar-refractivity contribution is 5.91. The van der Waals surface area contributed by atoms with Crippen molar-refractivity contribution in [3.05, 3.63) is 58.7 Å². The van der Waals surface area contributed by atoms with E-state index in [9.17, 15) is 4.79 Å². The van der Waals surface area contributed by atoms with Crippen molar-refractivity contribution in [1.82, 2.24) is 0 Å². The highest BCUT2D eigenvalue weighted by atomic mass is 16.2. The van der Waals surface area contributed by atoms with E-state index in [1.165, 1.54) is 32.8 Å². The summed E-state index contributed by atoms with van der Waals surface area (Å²) in [5.41, 5.74) is 7.29. The van der Waals surface area contributed by atoms with Crippen LogP contribution in [0, 0.1) is 27.7 Å². The molecule has 2 N–H and O–H groups in total. The van der Waals surface area contributed by atoms with Gasteiger partial charge in [-0.15, -0.1) is 0 Å². The van der Waals surface area contributed by atoms with Crippen LogP contribution in [0.2, 0.25) is 0 Å². The van der Waals surface area contributed by atoms with Crippen molar-refractivity contribution >= 4 is 17.3 Å². The molecular weight excluding hydrogens is 322 g/mol. The van der Waals surface area contributed by atoms with Crippen LogP contribution in [0.5, 0.6) is 0 Å². The van der Waals surface area contributed by atoms with Crippen LogP contribution < -0.4 is 15.1 Å². The van der Waals surface area contributed by atoms with Crippen molar-refractivity contribution in [3.8, 4) is 0 Å². The molecule has 0 aromatic heterocycles. The molecule has 0 unspecified atom stereocenters.